The first-order valence-corrected chi connectivity index (χ1v) is 8.30. The van der Waals surface area contributed by atoms with Crippen LogP contribution in [0.1, 0.15) is 27.5 Å². The van der Waals surface area contributed by atoms with E-state index in [9.17, 15) is 9.18 Å². The lowest BCUT2D eigenvalue weighted by Crippen LogP contribution is -2.29. The molecular formula is C20H15BrFNO. The molecule has 2 nitrogen and oxygen atoms in total. The number of carbonyl (C=O) groups excluding carboxylic acids is 1. The molecule has 0 radical (unpaired) electrons. The van der Waals surface area contributed by atoms with E-state index in [1.165, 1.54) is 24.3 Å². The molecule has 0 aliphatic heterocycles. The zero-order valence-electron chi connectivity index (χ0n) is 12.7. The van der Waals surface area contributed by atoms with Crippen molar-refractivity contribution in [3.8, 4) is 0 Å². The fraction of sp³-hybridized carbons (Fsp3) is 0.0500. The van der Waals surface area contributed by atoms with E-state index in [1.54, 1.807) is 0 Å². The van der Waals surface area contributed by atoms with Gasteiger partial charge in [-0.3, -0.25) is 4.79 Å². The molecule has 0 fully saturated rings. The smallest absolute Gasteiger partial charge is 0.252 e. The summed E-state index contributed by atoms with van der Waals surface area (Å²) in [6.45, 7) is 0. The van der Waals surface area contributed by atoms with Crippen molar-refractivity contribution >= 4 is 21.8 Å². The van der Waals surface area contributed by atoms with Gasteiger partial charge in [-0.05, 0) is 41.5 Å². The predicted molar refractivity (Wildman–Crippen MR) is 96.3 cm³/mol. The fourth-order valence-corrected chi connectivity index (χ4v) is 3.02. The van der Waals surface area contributed by atoms with E-state index in [4.69, 9.17) is 0 Å². The Bertz CT molecular complexity index is 834. The van der Waals surface area contributed by atoms with Gasteiger partial charge in [-0.2, -0.15) is 0 Å². The summed E-state index contributed by atoms with van der Waals surface area (Å²) in [5, 5.41) is 3.03. The Labute approximate surface area is 148 Å². The van der Waals surface area contributed by atoms with E-state index < -0.39 is 0 Å². The highest BCUT2D eigenvalue weighted by atomic mass is 79.9. The molecular weight excluding hydrogens is 369 g/mol. The highest BCUT2D eigenvalue weighted by molar-refractivity contribution is 9.10. The fourth-order valence-electron chi connectivity index (χ4n) is 2.51. The molecule has 0 saturated carbocycles. The third-order valence-electron chi connectivity index (χ3n) is 3.73. The lowest BCUT2D eigenvalue weighted by molar-refractivity contribution is 0.0943. The highest BCUT2D eigenvalue weighted by Gasteiger charge is 2.19. The van der Waals surface area contributed by atoms with Crippen molar-refractivity contribution in [2.45, 2.75) is 6.04 Å². The van der Waals surface area contributed by atoms with Crippen molar-refractivity contribution in [2.24, 2.45) is 0 Å². The van der Waals surface area contributed by atoms with Gasteiger partial charge in [-0.1, -0.05) is 64.5 Å². The van der Waals surface area contributed by atoms with Crippen LogP contribution in [0.25, 0.3) is 0 Å². The summed E-state index contributed by atoms with van der Waals surface area (Å²) in [5.74, 6) is -0.614. The van der Waals surface area contributed by atoms with Gasteiger partial charge in [0.15, 0.2) is 0 Å². The Morgan fingerprint density at radius 2 is 1.50 bits per heavy atom. The summed E-state index contributed by atoms with van der Waals surface area (Å²) in [6, 6.07) is 22.7. The van der Waals surface area contributed by atoms with E-state index in [2.05, 4.69) is 21.2 Å². The topological polar surface area (TPSA) is 29.1 Å². The molecule has 1 amide bonds. The number of amides is 1. The molecule has 0 aliphatic rings. The molecule has 1 N–H and O–H groups in total. The molecule has 120 valence electrons. The second-order valence-electron chi connectivity index (χ2n) is 5.35. The van der Waals surface area contributed by atoms with Crippen molar-refractivity contribution in [1.82, 2.24) is 5.32 Å². The van der Waals surface area contributed by atoms with Crippen LogP contribution < -0.4 is 5.32 Å². The van der Waals surface area contributed by atoms with Crippen LogP contribution >= 0.6 is 15.9 Å². The Hall–Kier alpha value is -2.46. The number of rotatable bonds is 4. The third kappa shape index (κ3) is 3.71. The first-order valence-electron chi connectivity index (χ1n) is 7.51. The minimum atomic E-state index is -0.364. The number of carbonyl (C=O) groups is 1. The number of nitrogens with one attached hydrogen (secondary N) is 1. The Morgan fingerprint density at radius 1 is 0.875 bits per heavy atom. The van der Waals surface area contributed by atoms with Crippen molar-refractivity contribution in [3.63, 3.8) is 0 Å². The summed E-state index contributed by atoms with van der Waals surface area (Å²) >= 11 is 3.55. The van der Waals surface area contributed by atoms with Gasteiger partial charge in [-0.15, -0.1) is 0 Å². The van der Waals surface area contributed by atoms with Gasteiger partial charge in [0.1, 0.15) is 5.82 Å². The molecule has 0 aromatic heterocycles. The molecule has 0 spiro atoms. The molecule has 24 heavy (non-hydrogen) atoms. The predicted octanol–water partition coefficient (Wildman–Crippen LogP) is 5.11. The maximum atomic E-state index is 13.1. The van der Waals surface area contributed by atoms with Crippen LogP contribution in [0.2, 0.25) is 0 Å². The van der Waals surface area contributed by atoms with Crippen LogP contribution in [-0.4, -0.2) is 5.91 Å². The first kappa shape index (κ1) is 16.4. The lowest BCUT2D eigenvalue weighted by atomic mass is 9.98. The Kier molecular flexibility index (Phi) is 5.06. The molecule has 1 atom stereocenters. The molecule has 0 aliphatic carbocycles. The average molecular weight is 384 g/mol. The second kappa shape index (κ2) is 7.41. The summed E-state index contributed by atoms with van der Waals surface area (Å²) < 4.78 is 14.0. The van der Waals surface area contributed by atoms with E-state index in [0.29, 0.717) is 5.56 Å². The highest BCUT2D eigenvalue weighted by Crippen LogP contribution is 2.28. The van der Waals surface area contributed by atoms with Gasteiger partial charge in [0.05, 0.1) is 6.04 Å². The quantitative estimate of drug-likeness (QED) is 0.666. The van der Waals surface area contributed by atoms with Crippen molar-refractivity contribution in [3.05, 3.63) is 106 Å². The van der Waals surface area contributed by atoms with Crippen LogP contribution in [0.15, 0.2) is 83.3 Å². The number of benzene rings is 3. The Morgan fingerprint density at radius 3 is 2.17 bits per heavy atom. The van der Waals surface area contributed by atoms with Crippen molar-refractivity contribution in [1.29, 1.82) is 0 Å². The molecule has 3 rings (SSSR count). The van der Waals surface area contributed by atoms with E-state index in [-0.39, 0.29) is 17.8 Å². The SMILES string of the molecule is O=C(NC(c1ccccc1)c1ccccc1Br)c1ccc(F)cc1. The zero-order chi connectivity index (χ0) is 16.9. The number of halogens is 2. The number of hydrogen-bond acceptors (Lipinski definition) is 1. The Balaban J connectivity index is 1.95. The van der Waals surface area contributed by atoms with Crippen LogP contribution in [0.4, 0.5) is 4.39 Å². The van der Waals surface area contributed by atoms with Gasteiger partial charge in [0, 0.05) is 10.0 Å². The molecule has 0 heterocycles. The molecule has 4 heteroatoms. The third-order valence-corrected chi connectivity index (χ3v) is 4.45. The molecule has 3 aromatic carbocycles. The van der Waals surface area contributed by atoms with Gasteiger partial charge in [-0.25, -0.2) is 4.39 Å². The van der Waals surface area contributed by atoms with Gasteiger partial charge in [0.2, 0.25) is 0 Å². The lowest BCUT2D eigenvalue weighted by Gasteiger charge is -2.21. The standard InChI is InChI=1S/C20H15BrFNO/c21-18-9-5-4-8-17(18)19(14-6-2-1-3-7-14)23-20(24)15-10-12-16(22)13-11-15/h1-13,19H,(H,23,24). The van der Waals surface area contributed by atoms with Crippen LogP contribution in [0, 0.1) is 5.82 Å². The second-order valence-corrected chi connectivity index (χ2v) is 6.20. The van der Waals surface area contributed by atoms with E-state index in [0.717, 1.165) is 15.6 Å². The maximum absolute atomic E-state index is 13.1. The van der Waals surface area contributed by atoms with Gasteiger partial charge in [0.25, 0.3) is 5.91 Å². The molecule has 0 saturated heterocycles. The first-order chi connectivity index (χ1) is 11.6. The van der Waals surface area contributed by atoms with E-state index >= 15 is 0 Å². The summed E-state index contributed by atoms with van der Waals surface area (Å²) in [4.78, 5) is 12.6. The molecule has 1 unspecified atom stereocenters. The minimum Gasteiger partial charge on any atom is -0.341 e. The minimum absolute atomic E-state index is 0.250. The summed E-state index contributed by atoms with van der Waals surface area (Å²) in [5.41, 5.74) is 2.35. The van der Waals surface area contributed by atoms with Gasteiger partial charge < -0.3 is 5.32 Å². The maximum Gasteiger partial charge on any atom is 0.252 e. The van der Waals surface area contributed by atoms with E-state index in [1.807, 2.05) is 54.6 Å². The average Bonchev–Trinajstić information content (AvgIpc) is 2.61. The zero-order valence-corrected chi connectivity index (χ0v) is 14.3. The van der Waals surface area contributed by atoms with Gasteiger partial charge >= 0.3 is 0 Å². The monoisotopic (exact) mass is 383 g/mol. The summed E-state index contributed by atoms with van der Waals surface area (Å²) in [6.07, 6.45) is 0. The van der Waals surface area contributed by atoms with Crippen LogP contribution in [-0.2, 0) is 0 Å². The van der Waals surface area contributed by atoms with Crippen LogP contribution in [0.5, 0.6) is 0 Å². The summed E-state index contributed by atoms with van der Waals surface area (Å²) in [7, 11) is 0. The van der Waals surface area contributed by atoms with Crippen molar-refractivity contribution < 1.29 is 9.18 Å². The normalized spacial score (nSPS) is 11.8. The molecule has 3 aromatic rings. The molecule has 0 bridgehead atoms. The largest absolute Gasteiger partial charge is 0.341 e. The van der Waals surface area contributed by atoms with Crippen molar-refractivity contribution in [2.75, 3.05) is 0 Å². The van der Waals surface area contributed by atoms with Crippen LogP contribution in [0.3, 0.4) is 0 Å². The number of hydrogen-bond donors (Lipinski definition) is 1.